The molecule has 35 heavy (non-hydrogen) atoms. The maximum atomic E-state index is 13.3. The standard InChI is InChI=1S/C29H46O5Si/c1-8-13-20-17-25-26(28(30)32-20)24(18-29(6,31-7)33-25)21-14-12-15-22-23(21)16-19(5)27(22)34-35(9-2,10-3)11-4/h8,12,14,19-24,27H,1,9-11,13,15-18H2,2-7H3/t19-,20-,21+,22+,23-,24-,27-,29?/m1/s1. The molecule has 1 saturated carbocycles. The first-order valence-electron chi connectivity index (χ1n) is 13.9. The number of carbonyl (C=O) groups is 1. The molecule has 0 saturated heterocycles. The second kappa shape index (κ2) is 10.5. The number of ether oxygens (including phenoxy) is 3. The third-order valence-corrected chi connectivity index (χ3v) is 14.2. The third-order valence-electron chi connectivity index (χ3n) is 9.59. The van der Waals surface area contributed by atoms with Crippen LogP contribution in [0.3, 0.4) is 0 Å². The predicted molar refractivity (Wildman–Crippen MR) is 141 cm³/mol. The number of rotatable bonds is 9. The second-order valence-corrected chi connectivity index (χ2v) is 16.2. The number of fused-ring (bicyclic) bond motifs is 1. The molecule has 1 unspecified atom stereocenters. The smallest absolute Gasteiger partial charge is 0.338 e. The van der Waals surface area contributed by atoms with Gasteiger partial charge in [-0.05, 0) is 54.6 Å². The lowest BCUT2D eigenvalue weighted by Crippen LogP contribution is -2.47. The van der Waals surface area contributed by atoms with Gasteiger partial charge in [0, 0.05) is 39.2 Å². The van der Waals surface area contributed by atoms with Gasteiger partial charge in [-0.3, -0.25) is 0 Å². The summed E-state index contributed by atoms with van der Waals surface area (Å²) in [6.07, 6.45) is 10.7. The highest BCUT2D eigenvalue weighted by Gasteiger charge is 2.54. The molecule has 0 aromatic heterocycles. The van der Waals surface area contributed by atoms with Crippen molar-refractivity contribution >= 4 is 14.3 Å². The molecule has 0 amide bonds. The topological polar surface area (TPSA) is 54.0 Å². The summed E-state index contributed by atoms with van der Waals surface area (Å²) in [7, 11) is 0.00364. The number of methoxy groups -OCH3 is 1. The van der Waals surface area contributed by atoms with Crippen LogP contribution in [0, 0.1) is 29.6 Å². The van der Waals surface area contributed by atoms with Crippen LogP contribution in [0.2, 0.25) is 18.1 Å². The highest BCUT2D eigenvalue weighted by Crippen LogP contribution is 2.54. The van der Waals surface area contributed by atoms with Crippen molar-refractivity contribution < 1.29 is 23.4 Å². The van der Waals surface area contributed by atoms with Crippen molar-refractivity contribution in [2.24, 2.45) is 29.6 Å². The molecule has 1 fully saturated rings. The molecule has 0 aromatic carbocycles. The van der Waals surface area contributed by atoms with Gasteiger partial charge in [0.25, 0.3) is 0 Å². The van der Waals surface area contributed by atoms with Gasteiger partial charge < -0.3 is 18.6 Å². The summed E-state index contributed by atoms with van der Waals surface area (Å²) in [6.45, 7) is 15.1. The largest absolute Gasteiger partial charge is 0.466 e. The molecule has 2 heterocycles. The SMILES string of the molecule is C=CC[C@@H]1CC2=C(C(=O)O1)[C@@H]([C@H]1C=CC[C@H]3[C@@H]1C[C@@H](C)[C@H]3O[Si](CC)(CC)CC)CC(C)(OC)O2. The van der Waals surface area contributed by atoms with Crippen LogP contribution < -0.4 is 0 Å². The highest BCUT2D eigenvalue weighted by molar-refractivity contribution is 6.73. The van der Waals surface area contributed by atoms with E-state index in [1.165, 1.54) is 18.1 Å². The van der Waals surface area contributed by atoms with E-state index in [0.29, 0.717) is 43.1 Å². The third kappa shape index (κ3) is 4.95. The summed E-state index contributed by atoms with van der Waals surface area (Å²) in [4.78, 5) is 13.3. The van der Waals surface area contributed by atoms with E-state index in [2.05, 4.69) is 46.4 Å². The van der Waals surface area contributed by atoms with Crippen molar-refractivity contribution in [2.45, 2.75) is 103 Å². The zero-order valence-electron chi connectivity index (χ0n) is 22.7. The molecule has 0 radical (unpaired) electrons. The van der Waals surface area contributed by atoms with Gasteiger partial charge >= 0.3 is 5.97 Å². The Morgan fingerprint density at radius 3 is 2.57 bits per heavy atom. The van der Waals surface area contributed by atoms with Crippen LogP contribution in [0.1, 0.15) is 66.7 Å². The van der Waals surface area contributed by atoms with Crippen LogP contribution in [-0.2, 0) is 23.4 Å². The van der Waals surface area contributed by atoms with Crippen molar-refractivity contribution in [3.05, 3.63) is 36.1 Å². The van der Waals surface area contributed by atoms with Crippen molar-refractivity contribution in [3.8, 4) is 0 Å². The van der Waals surface area contributed by atoms with Gasteiger partial charge in [0.05, 0.1) is 11.7 Å². The Balaban J connectivity index is 1.65. The van der Waals surface area contributed by atoms with Gasteiger partial charge in [0.2, 0.25) is 5.79 Å². The highest BCUT2D eigenvalue weighted by atomic mass is 28.4. The maximum absolute atomic E-state index is 13.3. The minimum atomic E-state index is -1.70. The van der Waals surface area contributed by atoms with Crippen molar-refractivity contribution in [1.29, 1.82) is 0 Å². The number of carbonyl (C=O) groups excluding carboxylic acids is 1. The predicted octanol–water partition coefficient (Wildman–Crippen LogP) is 6.77. The Kier molecular flexibility index (Phi) is 8.04. The number of allylic oxidation sites excluding steroid dienone is 2. The molecule has 4 rings (SSSR count). The molecule has 2 aliphatic heterocycles. The molecule has 196 valence electrons. The van der Waals surface area contributed by atoms with Gasteiger partial charge in [-0.25, -0.2) is 4.79 Å². The summed E-state index contributed by atoms with van der Waals surface area (Å²) >= 11 is 0. The first-order chi connectivity index (χ1) is 16.7. The summed E-state index contributed by atoms with van der Waals surface area (Å²) in [5.74, 6) is 1.62. The van der Waals surface area contributed by atoms with E-state index in [0.717, 1.165) is 24.2 Å². The minimum Gasteiger partial charge on any atom is -0.466 e. The van der Waals surface area contributed by atoms with E-state index in [-0.39, 0.29) is 23.9 Å². The Morgan fingerprint density at radius 2 is 1.94 bits per heavy atom. The van der Waals surface area contributed by atoms with Crippen LogP contribution in [0.25, 0.3) is 0 Å². The molecule has 6 heteroatoms. The molecule has 2 aliphatic carbocycles. The molecule has 0 bridgehead atoms. The van der Waals surface area contributed by atoms with Crippen LogP contribution in [0.5, 0.6) is 0 Å². The lowest BCUT2D eigenvalue weighted by Gasteiger charge is -2.46. The summed E-state index contributed by atoms with van der Waals surface area (Å²) in [5, 5.41) is 0. The van der Waals surface area contributed by atoms with E-state index < -0.39 is 14.1 Å². The second-order valence-electron chi connectivity index (χ2n) is 11.5. The van der Waals surface area contributed by atoms with Crippen molar-refractivity contribution in [1.82, 2.24) is 0 Å². The number of esters is 1. The van der Waals surface area contributed by atoms with E-state index in [9.17, 15) is 4.79 Å². The van der Waals surface area contributed by atoms with Crippen LogP contribution >= 0.6 is 0 Å². The van der Waals surface area contributed by atoms with E-state index in [1.54, 1.807) is 13.2 Å². The monoisotopic (exact) mass is 502 g/mol. The average Bonchev–Trinajstić information content (AvgIpc) is 3.16. The summed E-state index contributed by atoms with van der Waals surface area (Å²) in [6, 6.07) is 3.54. The van der Waals surface area contributed by atoms with Gasteiger partial charge in [0.15, 0.2) is 8.32 Å². The molecule has 5 nitrogen and oxygen atoms in total. The fraction of sp³-hybridized carbons (Fsp3) is 0.759. The van der Waals surface area contributed by atoms with Crippen LogP contribution in [0.4, 0.5) is 0 Å². The molecule has 0 aromatic rings. The Hall–Kier alpha value is -1.37. The van der Waals surface area contributed by atoms with E-state index >= 15 is 0 Å². The maximum Gasteiger partial charge on any atom is 0.338 e. The molecule has 4 aliphatic rings. The average molecular weight is 503 g/mol. The fourth-order valence-electron chi connectivity index (χ4n) is 7.33. The zero-order valence-corrected chi connectivity index (χ0v) is 23.7. The number of hydrogen-bond acceptors (Lipinski definition) is 5. The van der Waals surface area contributed by atoms with E-state index in [1.807, 2.05) is 6.92 Å². The normalized spacial score (nSPS) is 39.0. The Labute approximate surface area is 213 Å². The van der Waals surface area contributed by atoms with Crippen LogP contribution in [0.15, 0.2) is 36.1 Å². The fourth-order valence-corrected chi connectivity index (χ4v) is 10.3. The lowest BCUT2D eigenvalue weighted by molar-refractivity contribution is -0.216. The molecule has 0 N–H and O–H groups in total. The van der Waals surface area contributed by atoms with Crippen molar-refractivity contribution in [3.63, 3.8) is 0 Å². The zero-order chi connectivity index (χ0) is 25.4. The minimum absolute atomic E-state index is 0.0291. The van der Waals surface area contributed by atoms with Gasteiger partial charge in [-0.15, -0.1) is 6.58 Å². The van der Waals surface area contributed by atoms with Gasteiger partial charge in [-0.2, -0.15) is 0 Å². The quantitative estimate of drug-likeness (QED) is 0.198. The Morgan fingerprint density at radius 1 is 1.23 bits per heavy atom. The summed E-state index contributed by atoms with van der Waals surface area (Å²) < 4.78 is 25.2. The van der Waals surface area contributed by atoms with Gasteiger partial charge in [0.1, 0.15) is 11.9 Å². The summed E-state index contributed by atoms with van der Waals surface area (Å²) in [5.41, 5.74) is 0.742. The Bertz CT molecular complexity index is 853. The molecular weight excluding hydrogens is 456 g/mol. The molecule has 0 spiro atoms. The molecule has 8 atom stereocenters. The van der Waals surface area contributed by atoms with Crippen molar-refractivity contribution in [2.75, 3.05) is 7.11 Å². The first kappa shape index (κ1) is 26.7. The van der Waals surface area contributed by atoms with E-state index in [4.69, 9.17) is 18.6 Å². The molecular formula is C29H46O5Si. The lowest BCUT2D eigenvalue weighted by atomic mass is 9.66. The number of hydrogen-bond donors (Lipinski definition) is 0. The number of cyclic esters (lactones) is 1. The van der Waals surface area contributed by atoms with Crippen LogP contribution in [-0.4, -0.2) is 39.4 Å². The first-order valence-corrected chi connectivity index (χ1v) is 16.4. The van der Waals surface area contributed by atoms with Gasteiger partial charge in [-0.1, -0.05) is 45.9 Å².